The van der Waals surface area contributed by atoms with E-state index in [4.69, 9.17) is 0 Å². The van der Waals surface area contributed by atoms with Crippen LogP contribution in [-0.2, 0) is 0 Å². The molecule has 0 radical (unpaired) electrons. The highest BCUT2D eigenvalue weighted by Gasteiger charge is 2.58. The fourth-order valence-electron chi connectivity index (χ4n) is 7.14. The summed E-state index contributed by atoms with van der Waals surface area (Å²) in [4.78, 5) is 0. The van der Waals surface area contributed by atoms with E-state index in [9.17, 15) is 5.11 Å². The molecule has 1 heteroatoms. The first-order valence-electron chi connectivity index (χ1n) is 9.33. The standard InChI is InChI=1S/C20H32O/c1-13-11-17-15-8-7-14-5-4-6-18(21)20(14,3)16(15)9-10-19(17,2)12-13/h7,13,15-18,21H,4-6,8-12H2,1-3H3/t13?,15-,16-,17+,18?,19-,20+/m1/s1. The van der Waals surface area contributed by atoms with Crippen molar-refractivity contribution >= 4 is 0 Å². The lowest BCUT2D eigenvalue weighted by molar-refractivity contribution is -0.0814. The van der Waals surface area contributed by atoms with Crippen molar-refractivity contribution in [1.82, 2.24) is 0 Å². The molecule has 21 heavy (non-hydrogen) atoms. The van der Waals surface area contributed by atoms with Gasteiger partial charge >= 0.3 is 0 Å². The maximum atomic E-state index is 10.8. The lowest BCUT2D eigenvalue weighted by Gasteiger charge is -2.58. The molecule has 0 amide bonds. The number of hydrogen-bond donors (Lipinski definition) is 1. The normalized spacial score (nSPS) is 56.2. The first kappa shape index (κ1) is 14.3. The Bertz CT molecular complexity index is 466. The van der Waals surface area contributed by atoms with E-state index in [2.05, 4.69) is 26.8 Å². The van der Waals surface area contributed by atoms with E-state index in [-0.39, 0.29) is 11.5 Å². The van der Waals surface area contributed by atoms with Gasteiger partial charge in [-0.25, -0.2) is 0 Å². The van der Waals surface area contributed by atoms with Gasteiger partial charge in [-0.1, -0.05) is 32.4 Å². The van der Waals surface area contributed by atoms with Crippen LogP contribution in [0, 0.1) is 34.5 Å². The Morgan fingerprint density at radius 1 is 1.19 bits per heavy atom. The molecule has 1 nitrogen and oxygen atoms in total. The third kappa shape index (κ3) is 1.85. The molecule has 0 aliphatic heterocycles. The molecule has 0 aromatic carbocycles. The molecule has 2 unspecified atom stereocenters. The zero-order valence-corrected chi connectivity index (χ0v) is 14.1. The van der Waals surface area contributed by atoms with Crippen LogP contribution in [0.1, 0.15) is 72.1 Å². The van der Waals surface area contributed by atoms with E-state index in [1.54, 1.807) is 5.57 Å². The summed E-state index contributed by atoms with van der Waals surface area (Å²) in [6, 6.07) is 0. The number of aliphatic hydroxyl groups is 1. The number of fused-ring (bicyclic) bond motifs is 5. The molecule has 0 aromatic heterocycles. The van der Waals surface area contributed by atoms with Crippen molar-refractivity contribution in [1.29, 1.82) is 0 Å². The van der Waals surface area contributed by atoms with E-state index < -0.39 is 0 Å². The molecule has 0 spiro atoms. The molecule has 0 heterocycles. The van der Waals surface area contributed by atoms with Crippen molar-refractivity contribution in [2.24, 2.45) is 34.5 Å². The minimum Gasteiger partial charge on any atom is -0.392 e. The largest absolute Gasteiger partial charge is 0.392 e. The van der Waals surface area contributed by atoms with Gasteiger partial charge in [0.05, 0.1) is 6.10 Å². The van der Waals surface area contributed by atoms with Crippen LogP contribution in [0.15, 0.2) is 11.6 Å². The molecular formula is C20H32O. The van der Waals surface area contributed by atoms with Crippen LogP contribution < -0.4 is 0 Å². The van der Waals surface area contributed by atoms with E-state index in [0.717, 1.165) is 30.1 Å². The second-order valence-electron chi connectivity index (χ2n) is 9.27. The maximum Gasteiger partial charge on any atom is 0.0633 e. The summed E-state index contributed by atoms with van der Waals surface area (Å²) in [5.74, 6) is 3.41. The lowest BCUT2D eigenvalue weighted by Crippen LogP contribution is -2.53. The first-order valence-corrected chi connectivity index (χ1v) is 9.33. The number of hydrogen-bond acceptors (Lipinski definition) is 1. The van der Waals surface area contributed by atoms with Crippen molar-refractivity contribution in [3.8, 4) is 0 Å². The molecule has 0 aromatic rings. The van der Waals surface area contributed by atoms with Crippen molar-refractivity contribution in [2.45, 2.75) is 78.2 Å². The molecule has 4 rings (SSSR count). The molecule has 4 aliphatic carbocycles. The van der Waals surface area contributed by atoms with Gasteiger partial charge in [0.1, 0.15) is 0 Å². The Hall–Kier alpha value is -0.300. The van der Waals surface area contributed by atoms with Gasteiger partial charge in [0, 0.05) is 5.41 Å². The molecule has 0 saturated heterocycles. The summed E-state index contributed by atoms with van der Waals surface area (Å²) >= 11 is 0. The van der Waals surface area contributed by atoms with Gasteiger partial charge in [-0.05, 0) is 80.5 Å². The van der Waals surface area contributed by atoms with Crippen molar-refractivity contribution in [2.75, 3.05) is 0 Å². The molecule has 4 aliphatic rings. The summed E-state index contributed by atoms with van der Waals surface area (Å²) in [6.45, 7) is 7.43. The Morgan fingerprint density at radius 3 is 2.81 bits per heavy atom. The Balaban J connectivity index is 1.71. The Morgan fingerprint density at radius 2 is 2.00 bits per heavy atom. The maximum absolute atomic E-state index is 10.8. The molecule has 3 fully saturated rings. The van der Waals surface area contributed by atoms with Crippen LogP contribution >= 0.6 is 0 Å². The molecule has 0 bridgehead atoms. The van der Waals surface area contributed by atoms with E-state index in [1.807, 2.05) is 0 Å². The van der Waals surface area contributed by atoms with Crippen molar-refractivity contribution in [3.05, 3.63) is 11.6 Å². The average molecular weight is 288 g/mol. The van der Waals surface area contributed by atoms with Gasteiger partial charge in [-0.2, -0.15) is 0 Å². The summed E-state index contributed by atoms with van der Waals surface area (Å²) < 4.78 is 0. The zero-order chi connectivity index (χ0) is 14.8. The second kappa shape index (κ2) is 4.60. The van der Waals surface area contributed by atoms with Crippen LogP contribution in [0.25, 0.3) is 0 Å². The van der Waals surface area contributed by atoms with E-state index in [1.165, 1.54) is 44.9 Å². The van der Waals surface area contributed by atoms with Crippen LogP contribution in [-0.4, -0.2) is 11.2 Å². The number of rotatable bonds is 0. The fourth-order valence-corrected chi connectivity index (χ4v) is 7.14. The highest BCUT2D eigenvalue weighted by Crippen LogP contribution is 2.65. The van der Waals surface area contributed by atoms with Gasteiger partial charge in [0.2, 0.25) is 0 Å². The fraction of sp³-hybridized carbons (Fsp3) is 0.900. The Kier molecular flexibility index (Phi) is 3.13. The van der Waals surface area contributed by atoms with Gasteiger partial charge in [0.15, 0.2) is 0 Å². The average Bonchev–Trinajstić information content (AvgIpc) is 2.74. The topological polar surface area (TPSA) is 20.2 Å². The third-order valence-electron chi connectivity index (χ3n) is 8.14. The monoisotopic (exact) mass is 288 g/mol. The molecular weight excluding hydrogens is 256 g/mol. The highest BCUT2D eigenvalue weighted by atomic mass is 16.3. The first-order chi connectivity index (χ1) is 9.95. The van der Waals surface area contributed by atoms with Gasteiger partial charge in [-0.3, -0.25) is 0 Å². The third-order valence-corrected chi connectivity index (χ3v) is 8.14. The minimum atomic E-state index is -0.0894. The second-order valence-corrected chi connectivity index (χ2v) is 9.27. The predicted molar refractivity (Wildman–Crippen MR) is 86.9 cm³/mol. The summed E-state index contributed by atoms with van der Waals surface area (Å²) in [5, 5.41) is 10.8. The smallest absolute Gasteiger partial charge is 0.0633 e. The van der Waals surface area contributed by atoms with Crippen LogP contribution in [0.4, 0.5) is 0 Å². The van der Waals surface area contributed by atoms with Crippen molar-refractivity contribution in [3.63, 3.8) is 0 Å². The van der Waals surface area contributed by atoms with E-state index in [0.29, 0.717) is 5.41 Å². The highest BCUT2D eigenvalue weighted by molar-refractivity contribution is 5.26. The predicted octanol–water partition coefficient (Wildman–Crippen LogP) is 4.95. The minimum absolute atomic E-state index is 0.0894. The van der Waals surface area contributed by atoms with Crippen LogP contribution in [0.2, 0.25) is 0 Å². The summed E-state index contributed by atoms with van der Waals surface area (Å²) in [6.07, 6.45) is 12.9. The molecule has 7 atom stereocenters. The summed E-state index contributed by atoms with van der Waals surface area (Å²) in [5.41, 5.74) is 2.31. The van der Waals surface area contributed by atoms with Gasteiger partial charge < -0.3 is 5.11 Å². The number of aliphatic hydroxyl groups excluding tert-OH is 1. The van der Waals surface area contributed by atoms with E-state index >= 15 is 0 Å². The quantitative estimate of drug-likeness (QED) is 0.626. The van der Waals surface area contributed by atoms with Gasteiger partial charge in [0.25, 0.3) is 0 Å². The SMILES string of the molecule is CC1C[C@H]2[C@@H]3CC=C4CCCC(O)[C@]4(C)[C@@H]3CC[C@]2(C)C1. The Labute approximate surface area is 130 Å². The molecule has 3 saturated carbocycles. The van der Waals surface area contributed by atoms with Crippen LogP contribution in [0.3, 0.4) is 0 Å². The van der Waals surface area contributed by atoms with Gasteiger partial charge in [-0.15, -0.1) is 0 Å². The van der Waals surface area contributed by atoms with Crippen LogP contribution in [0.5, 0.6) is 0 Å². The summed E-state index contributed by atoms with van der Waals surface area (Å²) in [7, 11) is 0. The molecule has 118 valence electrons. The lowest BCUT2D eigenvalue weighted by atomic mass is 9.47. The number of allylic oxidation sites excluding steroid dienone is 1. The zero-order valence-electron chi connectivity index (χ0n) is 14.1. The molecule has 1 N–H and O–H groups in total. The van der Waals surface area contributed by atoms with Crippen molar-refractivity contribution < 1.29 is 5.11 Å².